The monoisotopic (exact) mass is 560 g/mol. The number of benzene rings is 1. The minimum Gasteiger partial charge on any atom is -0.478 e. The number of ether oxygens (including phenoxy) is 1. The minimum atomic E-state index is -3.67. The standard InChI is InChI=1S/C21H19Cl2FN4O3.CH4O3S/c1-10(16-14(22)2-3-15(24)17(16)23)31-19-18-12(8-27-20(19)25)13(9-30-18)11-4-6-28(7-5-11)21(26)29;1-5(2,3)4/h2-4,8-10H,5-7H2,1H3,(H2,25,27)(H2,26,29);1H3,(H,2,3,4)/t10-;/m1./s1. The van der Waals surface area contributed by atoms with Crippen molar-refractivity contribution in [3.63, 3.8) is 0 Å². The number of rotatable bonds is 4. The van der Waals surface area contributed by atoms with Crippen LogP contribution in [0.1, 0.15) is 30.6 Å². The van der Waals surface area contributed by atoms with Gasteiger partial charge in [0.05, 0.1) is 22.9 Å². The van der Waals surface area contributed by atoms with E-state index in [1.54, 1.807) is 24.3 Å². The summed E-state index contributed by atoms with van der Waals surface area (Å²) < 4.78 is 51.6. The maximum atomic E-state index is 13.9. The molecule has 3 aromatic rings. The van der Waals surface area contributed by atoms with Crippen LogP contribution in [-0.4, -0.2) is 48.2 Å². The maximum absolute atomic E-state index is 13.9. The van der Waals surface area contributed by atoms with Crippen LogP contribution in [0.25, 0.3) is 16.5 Å². The lowest BCUT2D eigenvalue weighted by molar-refractivity contribution is 0.213. The van der Waals surface area contributed by atoms with Crippen LogP contribution in [0.15, 0.2) is 35.1 Å². The Morgan fingerprint density at radius 1 is 1.36 bits per heavy atom. The summed E-state index contributed by atoms with van der Waals surface area (Å²) in [5.41, 5.74) is 13.9. The smallest absolute Gasteiger partial charge is 0.315 e. The van der Waals surface area contributed by atoms with E-state index in [1.165, 1.54) is 12.1 Å². The Balaban J connectivity index is 0.000000658. The van der Waals surface area contributed by atoms with Crippen LogP contribution in [0.3, 0.4) is 0 Å². The van der Waals surface area contributed by atoms with Gasteiger partial charge in [-0.05, 0) is 31.1 Å². The van der Waals surface area contributed by atoms with Crippen molar-refractivity contribution in [1.29, 1.82) is 0 Å². The van der Waals surface area contributed by atoms with E-state index in [0.717, 1.165) is 11.1 Å². The molecule has 2 aromatic heterocycles. The van der Waals surface area contributed by atoms with Crippen LogP contribution in [-0.2, 0) is 10.1 Å². The summed E-state index contributed by atoms with van der Waals surface area (Å²) in [6, 6.07) is 2.14. The molecule has 1 atom stereocenters. The van der Waals surface area contributed by atoms with Crippen molar-refractivity contribution in [2.45, 2.75) is 19.4 Å². The first-order chi connectivity index (χ1) is 16.8. The molecule has 2 amide bonds. The maximum Gasteiger partial charge on any atom is 0.315 e. The van der Waals surface area contributed by atoms with Gasteiger partial charge in [0.2, 0.25) is 5.75 Å². The van der Waals surface area contributed by atoms with Gasteiger partial charge < -0.3 is 25.5 Å². The predicted molar refractivity (Wildman–Crippen MR) is 135 cm³/mol. The van der Waals surface area contributed by atoms with E-state index < -0.39 is 28.1 Å². The molecule has 1 aliphatic rings. The van der Waals surface area contributed by atoms with Gasteiger partial charge in [-0.15, -0.1) is 0 Å². The molecule has 5 N–H and O–H groups in total. The van der Waals surface area contributed by atoms with Crippen molar-refractivity contribution in [3.05, 3.63) is 57.7 Å². The molecule has 1 aliphatic heterocycles. The van der Waals surface area contributed by atoms with Gasteiger partial charge >= 0.3 is 6.03 Å². The van der Waals surface area contributed by atoms with E-state index in [4.69, 9.17) is 48.4 Å². The molecule has 1 aromatic carbocycles. The number of nitrogen functional groups attached to an aromatic ring is 1. The molecule has 0 bridgehead atoms. The Morgan fingerprint density at radius 2 is 2.03 bits per heavy atom. The van der Waals surface area contributed by atoms with Crippen molar-refractivity contribution in [2.24, 2.45) is 5.73 Å². The van der Waals surface area contributed by atoms with Crippen LogP contribution in [0, 0.1) is 5.82 Å². The van der Waals surface area contributed by atoms with Crippen molar-refractivity contribution in [1.82, 2.24) is 9.88 Å². The topological polar surface area (TPSA) is 162 Å². The molecule has 0 aliphatic carbocycles. The van der Waals surface area contributed by atoms with Gasteiger partial charge in [-0.25, -0.2) is 14.2 Å². The number of furan rings is 1. The summed E-state index contributed by atoms with van der Waals surface area (Å²) in [6.07, 6.45) is 5.72. The van der Waals surface area contributed by atoms with Crippen LogP contribution in [0.2, 0.25) is 10.0 Å². The van der Waals surface area contributed by atoms with E-state index in [2.05, 4.69) is 4.98 Å². The van der Waals surface area contributed by atoms with Gasteiger partial charge in [-0.3, -0.25) is 4.55 Å². The summed E-state index contributed by atoms with van der Waals surface area (Å²) in [7, 11) is -3.67. The van der Waals surface area contributed by atoms with Gasteiger partial charge in [-0.2, -0.15) is 8.42 Å². The van der Waals surface area contributed by atoms with Crippen LogP contribution < -0.4 is 16.2 Å². The van der Waals surface area contributed by atoms with Crippen LogP contribution >= 0.6 is 23.2 Å². The van der Waals surface area contributed by atoms with Gasteiger partial charge in [0.25, 0.3) is 10.1 Å². The third-order valence-corrected chi connectivity index (χ3v) is 5.96. The average Bonchev–Trinajstić information content (AvgIpc) is 3.22. The summed E-state index contributed by atoms with van der Waals surface area (Å²) in [6.45, 7) is 2.60. The van der Waals surface area contributed by atoms with E-state index in [9.17, 15) is 17.6 Å². The minimum absolute atomic E-state index is 0.112. The average molecular weight is 561 g/mol. The SMILES string of the molecule is CS(=O)(=O)O.C[C@@H](Oc1c(N)ncc2c(C3=CCN(C(N)=O)CC3)coc12)c1c(Cl)ccc(F)c1Cl. The van der Waals surface area contributed by atoms with Gasteiger partial charge in [0, 0.05) is 35.4 Å². The number of amides is 2. The number of fused-ring (bicyclic) bond motifs is 1. The number of nitrogens with two attached hydrogens (primary N) is 2. The molecule has 0 saturated heterocycles. The zero-order valence-electron chi connectivity index (χ0n) is 19.2. The third-order valence-electron chi connectivity index (χ3n) is 5.25. The largest absolute Gasteiger partial charge is 0.478 e. The fourth-order valence-corrected chi connectivity index (χ4v) is 4.29. The predicted octanol–water partition coefficient (Wildman–Crippen LogP) is 4.67. The Labute approximate surface area is 216 Å². The molecule has 0 spiro atoms. The first-order valence-corrected chi connectivity index (χ1v) is 13.0. The number of urea groups is 1. The Morgan fingerprint density at radius 3 is 2.61 bits per heavy atom. The quantitative estimate of drug-likeness (QED) is 0.306. The molecule has 14 heteroatoms. The molecule has 3 heterocycles. The van der Waals surface area contributed by atoms with Crippen LogP contribution in [0.4, 0.5) is 15.0 Å². The number of anilines is 1. The van der Waals surface area contributed by atoms with Gasteiger partial charge in [0.15, 0.2) is 11.4 Å². The normalized spacial score (nSPS) is 14.6. The lowest BCUT2D eigenvalue weighted by Crippen LogP contribution is -2.38. The highest BCUT2D eigenvalue weighted by molar-refractivity contribution is 7.85. The number of pyridine rings is 1. The molecular weight excluding hydrogens is 538 g/mol. The molecule has 0 fully saturated rings. The summed E-state index contributed by atoms with van der Waals surface area (Å²) >= 11 is 12.3. The fraction of sp³-hybridized carbons (Fsp3) is 0.273. The molecule has 194 valence electrons. The zero-order chi connectivity index (χ0) is 26.8. The fourth-order valence-electron chi connectivity index (χ4n) is 3.61. The molecule has 0 radical (unpaired) electrons. The number of nitrogens with zero attached hydrogens (tertiary/aromatic N) is 2. The van der Waals surface area contributed by atoms with Crippen LogP contribution in [0.5, 0.6) is 5.75 Å². The van der Waals surface area contributed by atoms with Crippen molar-refractivity contribution in [2.75, 3.05) is 25.1 Å². The zero-order valence-corrected chi connectivity index (χ0v) is 21.5. The number of aromatic nitrogens is 1. The first-order valence-electron chi connectivity index (χ1n) is 10.4. The highest BCUT2D eigenvalue weighted by Gasteiger charge is 2.24. The summed E-state index contributed by atoms with van der Waals surface area (Å²) in [5.74, 6) is -0.278. The van der Waals surface area contributed by atoms with E-state index >= 15 is 0 Å². The van der Waals surface area contributed by atoms with Crippen molar-refractivity contribution in [3.8, 4) is 5.75 Å². The van der Waals surface area contributed by atoms with Crippen molar-refractivity contribution < 1.29 is 31.3 Å². The van der Waals surface area contributed by atoms with E-state index in [-0.39, 0.29) is 21.6 Å². The number of carbonyl (C=O) groups excluding carboxylic acids is 1. The number of hydrogen-bond donors (Lipinski definition) is 3. The second kappa shape index (κ2) is 10.9. The highest BCUT2D eigenvalue weighted by Crippen LogP contribution is 2.41. The molecule has 0 unspecified atom stereocenters. The third kappa shape index (κ3) is 6.38. The highest BCUT2D eigenvalue weighted by atomic mass is 35.5. The molecule has 10 nitrogen and oxygen atoms in total. The molecule has 4 rings (SSSR count). The molecular formula is C22H23Cl2FN4O6S. The van der Waals surface area contributed by atoms with Crippen molar-refractivity contribution >= 4 is 61.7 Å². The number of carbonyl (C=O) groups is 1. The number of hydrogen-bond acceptors (Lipinski definition) is 7. The number of halogens is 3. The van der Waals surface area contributed by atoms with E-state index in [1.807, 2.05) is 6.08 Å². The van der Waals surface area contributed by atoms with Gasteiger partial charge in [0.1, 0.15) is 11.9 Å². The summed E-state index contributed by atoms with van der Waals surface area (Å²) in [4.78, 5) is 17.1. The second-order valence-corrected chi connectivity index (χ2v) is 10.1. The lowest BCUT2D eigenvalue weighted by atomic mass is 9.99. The first kappa shape index (κ1) is 27.5. The number of primary amides is 1. The Bertz CT molecular complexity index is 1440. The second-order valence-electron chi connectivity index (χ2n) is 7.88. The summed E-state index contributed by atoms with van der Waals surface area (Å²) in [5, 5.41) is 0.848. The Kier molecular flexibility index (Phi) is 8.34. The molecule has 0 saturated carbocycles. The van der Waals surface area contributed by atoms with Gasteiger partial charge in [-0.1, -0.05) is 29.3 Å². The van der Waals surface area contributed by atoms with E-state index in [0.29, 0.717) is 42.3 Å². The molecule has 36 heavy (non-hydrogen) atoms. The Hall–Kier alpha value is -3.06. The lowest BCUT2D eigenvalue weighted by Gasteiger charge is -2.24.